The zero-order valence-electron chi connectivity index (χ0n) is 16.1. The van der Waals surface area contributed by atoms with E-state index in [4.69, 9.17) is 0 Å². The first-order chi connectivity index (χ1) is 10.7. The van der Waals surface area contributed by atoms with Crippen LogP contribution in [0.25, 0.3) is 0 Å². The molecule has 126 valence electrons. The highest BCUT2D eigenvalue weighted by molar-refractivity contribution is 5.49. The molecule has 0 radical (unpaired) electrons. The topological polar surface area (TPSA) is 0 Å². The van der Waals surface area contributed by atoms with Crippen LogP contribution in [0.3, 0.4) is 0 Å². The summed E-state index contributed by atoms with van der Waals surface area (Å²) >= 11 is 0. The smallest absolute Gasteiger partial charge is 0.00331 e. The highest BCUT2D eigenvalue weighted by atomic mass is 14.6. The molecule has 0 heterocycles. The highest BCUT2D eigenvalue weighted by Crippen LogP contribution is 2.67. The molecule has 0 aromatic heterocycles. The molecular formula is C23H34. The van der Waals surface area contributed by atoms with E-state index in [9.17, 15) is 0 Å². The van der Waals surface area contributed by atoms with Gasteiger partial charge in [0.1, 0.15) is 0 Å². The van der Waals surface area contributed by atoms with Crippen molar-refractivity contribution in [1.82, 2.24) is 0 Å². The molecule has 1 aromatic carbocycles. The van der Waals surface area contributed by atoms with E-state index in [1.807, 2.05) is 0 Å². The molecule has 23 heavy (non-hydrogen) atoms. The van der Waals surface area contributed by atoms with Gasteiger partial charge in [0.25, 0.3) is 0 Å². The number of rotatable bonds is 0. The standard InChI is InChI=1S/C23H34/c1-15-12-16(2)20-17(13-15)14-19-22(5)10-7-9-21(3,4)18(22)8-11-23(19,20)6/h12-13,18-19H,7-11,14H2,1-6H3/t18?,19-,22+,23-/m1/s1. The van der Waals surface area contributed by atoms with Crippen LogP contribution >= 0.6 is 0 Å². The first-order valence-corrected chi connectivity index (χ1v) is 9.79. The van der Waals surface area contributed by atoms with Crippen molar-refractivity contribution in [2.45, 2.75) is 85.5 Å². The van der Waals surface area contributed by atoms with Crippen LogP contribution in [0.15, 0.2) is 12.1 Å². The molecule has 0 bridgehead atoms. The van der Waals surface area contributed by atoms with Crippen molar-refractivity contribution in [3.05, 3.63) is 34.4 Å². The van der Waals surface area contributed by atoms with Crippen LogP contribution in [0.1, 0.15) is 82.1 Å². The Morgan fingerprint density at radius 3 is 2.39 bits per heavy atom. The van der Waals surface area contributed by atoms with E-state index >= 15 is 0 Å². The average molecular weight is 311 g/mol. The van der Waals surface area contributed by atoms with Crippen LogP contribution in [0.2, 0.25) is 0 Å². The Morgan fingerprint density at radius 1 is 0.913 bits per heavy atom. The van der Waals surface area contributed by atoms with Gasteiger partial charge in [-0.1, -0.05) is 51.8 Å². The lowest BCUT2D eigenvalue weighted by molar-refractivity contribution is -0.0983. The first kappa shape index (κ1) is 15.7. The second kappa shape index (κ2) is 4.64. The van der Waals surface area contributed by atoms with Crippen LogP contribution in [-0.2, 0) is 11.8 Å². The van der Waals surface area contributed by atoms with Crippen molar-refractivity contribution < 1.29 is 0 Å². The lowest BCUT2D eigenvalue weighted by Gasteiger charge is -2.61. The van der Waals surface area contributed by atoms with E-state index in [0.29, 0.717) is 16.2 Å². The maximum absolute atomic E-state index is 2.66. The van der Waals surface area contributed by atoms with Gasteiger partial charge in [0, 0.05) is 0 Å². The molecule has 3 aliphatic carbocycles. The molecule has 1 aromatic rings. The van der Waals surface area contributed by atoms with Crippen LogP contribution in [0, 0.1) is 36.5 Å². The van der Waals surface area contributed by atoms with Gasteiger partial charge in [-0.3, -0.25) is 0 Å². The van der Waals surface area contributed by atoms with Gasteiger partial charge in [-0.25, -0.2) is 0 Å². The van der Waals surface area contributed by atoms with Crippen LogP contribution < -0.4 is 0 Å². The molecule has 0 aliphatic heterocycles. The quantitative estimate of drug-likeness (QED) is 0.523. The van der Waals surface area contributed by atoms with Gasteiger partial charge in [-0.2, -0.15) is 0 Å². The van der Waals surface area contributed by atoms with Gasteiger partial charge in [0.05, 0.1) is 0 Å². The number of aryl methyl sites for hydroxylation is 2. The van der Waals surface area contributed by atoms with E-state index < -0.39 is 0 Å². The molecule has 3 aliphatic rings. The molecule has 1 unspecified atom stereocenters. The summed E-state index contributed by atoms with van der Waals surface area (Å²) in [5.41, 5.74) is 7.92. The fourth-order valence-corrected chi connectivity index (χ4v) is 7.66. The van der Waals surface area contributed by atoms with Crippen molar-refractivity contribution in [2.75, 3.05) is 0 Å². The Morgan fingerprint density at radius 2 is 1.65 bits per heavy atom. The molecular weight excluding hydrogens is 276 g/mol. The maximum Gasteiger partial charge on any atom is -0.00331 e. The first-order valence-electron chi connectivity index (χ1n) is 9.79. The summed E-state index contributed by atoms with van der Waals surface area (Å²) in [4.78, 5) is 0. The summed E-state index contributed by atoms with van der Waals surface area (Å²) < 4.78 is 0. The minimum atomic E-state index is 0.422. The van der Waals surface area contributed by atoms with Crippen molar-refractivity contribution in [2.24, 2.45) is 22.7 Å². The predicted octanol–water partition coefficient (Wildman–Crippen LogP) is 6.36. The molecule has 0 N–H and O–H groups in total. The molecule has 0 amide bonds. The number of hydrogen-bond donors (Lipinski definition) is 0. The lowest BCUT2D eigenvalue weighted by Crippen LogP contribution is -2.55. The van der Waals surface area contributed by atoms with Crippen molar-refractivity contribution in [3.63, 3.8) is 0 Å². The monoisotopic (exact) mass is 310 g/mol. The summed E-state index contributed by atoms with van der Waals surface area (Å²) in [5, 5.41) is 0. The second-order valence-electron chi connectivity index (χ2n) is 10.2. The number of fused-ring (bicyclic) bond motifs is 5. The molecule has 0 heteroatoms. The Kier molecular flexibility index (Phi) is 3.18. The van der Waals surface area contributed by atoms with Crippen molar-refractivity contribution >= 4 is 0 Å². The normalized spacial score (nSPS) is 41.1. The van der Waals surface area contributed by atoms with Crippen molar-refractivity contribution in [3.8, 4) is 0 Å². The molecule has 4 rings (SSSR count). The Balaban J connectivity index is 1.84. The Hall–Kier alpha value is -0.780. The fourth-order valence-electron chi connectivity index (χ4n) is 7.66. The summed E-state index contributed by atoms with van der Waals surface area (Å²) in [7, 11) is 0. The molecule has 0 nitrogen and oxygen atoms in total. The van der Waals surface area contributed by atoms with Gasteiger partial charge in [-0.15, -0.1) is 0 Å². The van der Waals surface area contributed by atoms with E-state index in [0.717, 1.165) is 11.8 Å². The highest BCUT2D eigenvalue weighted by Gasteiger charge is 2.61. The van der Waals surface area contributed by atoms with Crippen LogP contribution in [0.5, 0.6) is 0 Å². The predicted molar refractivity (Wildman–Crippen MR) is 98.9 cm³/mol. The summed E-state index contributed by atoms with van der Waals surface area (Å²) in [6.45, 7) is 15.0. The molecule has 0 saturated heterocycles. The van der Waals surface area contributed by atoms with E-state index in [2.05, 4.69) is 53.7 Å². The van der Waals surface area contributed by atoms with Crippen LogP contribution in [-0.4, -0.2) is 0 Å². The third-order valence-corrected chi connectivity index (χ3v) is 8.35. The Labute approximate surface area is 143 Å². The third kappa shape index (κ3) is 1.96. The van der Waals surface area contributed by atoms with E-state index in [1.165, 1.54) is 44.1 Å². The van der Waals surface area contributed by atoms with Gasteiger partial charge in [0.2, 0.25) is 0 Å². The molecule has 2 saturated carbocycles. The minimum Gasteiger partial charge on any atom is -0.0596 e. The molecule has 0 spiro atoms. The number of hydrogen-bond acceptors (Lipinski definition) is 0. The zero-order chi connectivity index (χ0) is 16.6. The molecule has 2 fully saturated rings. The largest absolute Gasteiger partial charge is 0.0596 e. The summed E-state index contributed by atoms with van der Waals surface area (Å²) in [5.74, 6) is 1.77. The van der Waals surface area contributed by atoms with E-state index in [-0.39, 0.29) is 0 Å². The zero-order valence-corrected chi connectivity index (χ0v) is 16.1. The van der Waals surface area contributed by atoms with Crippen LogP contribution in [0.4, 0.5) is 0 Å². The summed E-state index contributed by atoms with van der Waals surface area (Å²) in [6.07, 6.45) is 8.48. The number of benzene rings is 1. The average Bonchev–Trinajstić information content (AvgIpc) is 2.71. The summed E-state index contributed by atoms with van der Waals surface area (Å²) in [6, 6.07) is 4.92. The SMILES string of the molecule is Cc1cc(C)c2c(c1)C[C@H]1[C@@]2(C)CCC2C(C)(C)CCC[C@@]21C. The maximum atomic E-state index is 2.66. The van der Waals surface area contributed by atoms with E-state index in [1.54, 1.807) is 16.7 Å². The lowest BCUT2D eigenvalue weighted by atomic mass is 9.43. The Bertz CT molecular complexity index is 652. The van der Waals surface area contributed by atoms with Gasteiger partial charge in [0.15, 0.2) is 0 Å². The minimum absolute atomic E-state index is 0.422. The van der Waals surface area contributed by atoms with Gasteiger partial charge < -0.3 is 0 Å². The fraction of sp³-hybridized carbons (Fsp3) is 0.739. The third-order valence-electron chi connectivity index (χ3n) is 8.35. The molecule has 4 atom stereocenters. The second-order valence-corrected chi connectivity index (χ2v) is 10.2. The van der Waals surface area contributed by atoms with Gasteiger partial charge >= 0.3 is 0 Å². The van der Waals surface area contributed by atoms with Gasteiger partial charge in [-0.05, 0) is 90.7 Å². The van der Waals surface area contributed by atoms with Crippen molar-refractivity contribution in [1.29, 1.82) is 0 Å².